The fourth-order valence-corrected chi connectivity index (χ4v) is 0.921. The largest absolute Gasteiger partial charge is 0.494 e. The maximum absolute atomic E-state index is 5.40. The molecule has 0 amide bonds. The predicted octanol–water partition coefficient (Wildman–Crippen LogP) is 1.40. The van der Waals surface area contributed by atoms with Gasteiger partial charge in [0.05, 0.1) is 6.61 Å². The van der Waals surface area contributed by atoms with Gasteiger partial charge in [-0.15, -0.1) is 6.42 Å². The molecule has 1 aromatic carbocycles. The van der Waals surface area contributed by atoms with Gasteiger partial charge in [-0.25, -0.2) is 0 Å². The number of benzene rings is 1. The summed E-state index contributed by atoms with van der Waals surface area (Å²) in [5.74, 6) is 3.39. The predicted molar refractivity (Wildman–Crippen MR) is 53.5 cm³/mol. The van der Waals surface area contributed by atoms with E-state index in [1.165, 1.54) is 0 Å². The highest BCUT2D eigenvalue weighted by molar-refractivity contribution is 5.36. The molecule has 2 heteroatoms. The molecule has 1 rings (SSSR count). The first-order chi connectivity index (χ1) is 6.36. The minimum atomic E-state index is 0.655. The lowest BCUT2D eigenvalue weighted by Crippen LogP contribution is -2.05. The zero-order valence-corrected chi connectivity index (χ0v) is 7.49. The van der Waals surface area contributed by atoms with Gasteiger partial charge in [0.2, 0.25) is 0 Å². The number of nitrogens with two attached hydrogens (primary N) is 1. The molecule has 1 aromatic rings. The molecule has 0 atom stereocenters. The van der Waals surface area contributed by atoms with Crippen molar-refractivity contribution in [2.24, 2.45) is 5.73 Å². The van der Waals surface area contributed by atoms with Gasteiger partial charge in [0.1, 0.15) is 5.75 Å². The first-order valence-electron chi connectivity index (χ1n) is 4.26. The topological polar surface area (TPSA) is 35.2 Å². The van der Waals surface area contributed by atoms with Gasteiger partial charge in [-0.2, -0.15) is 0 Å². The van der Waals surface area contributed by atoms with E-state index in [4.69, 9.17) is 16.9 Å². The van der Waals surface area contributed by atoms with E-state index in [-0.39, 0.29) is 0 Å². The van der Waals surface area contributed by atoms with E-state index in [0.29, 0.717) is 13.2 Å². The van der Waals surface area contributed by atoms with Gasteiger partial charge >= 0.3 is 0 Å². The number of hydrogen-bond donors (Lipinski definition) is 1. The molecular weight excluding hydrogens is 162 g/mol. The van der Waals surface area contributed by atoms with E-state index < -0.39 is 0 Å². The normalized spacial score (nSPS) is 9.23. The summed E-state index contributed by atoms with van der Waals surface area (Å²) in [7, 11) is 0. The van der Waals surface area contributed by atoms with Crippen LogP contribution in [-0.4, -0.2) is 13.2 Å². The summed E-state index contributed by atoms with van der Waals surface area (Å²) >= 11 is 0. The third-order valence-electron chi connectivity index (χ3n) is 1.64. The summed E-state index contributed by atoms with van der Waals surface area (Å²) < 4.78 is 5.40. The average molecular weight is 175 g/mol. The van der Waals surface area contributed by atoms with Crippen LogP contribution >= 0.6 is 0 Å². The summed E-state index contributed by atoms with van der Waals surface area (Å²) in [6.45, 7) is 1.31. The van der Waals surface area contributed by atoms with Crippen LogP contribution in [0.15, 0.2) is 24.3 Å². The van der Waals surface area contributed by atoms with Crippen LogP contribution in [0.25, 0.3) is 0 Å². The van der Waals surface area contributed by atoms with Gasteiger partial charge in [-0.05, 0) is 37.2 Å². The quantitative estimate of drug-likeness (QED) is 0.554. The van der Waals surface area contributed by atoms with Crippen molar-refractivity contribution < 1.29 is 4.74 Å². The van der Waals surface area contributed by atoms with Gasteiger partial charge < -0.3 is 10.5 Å². The molecule has 0 aromatic heterocycles. The summed E-state index contributed by atoms with van der Waals surface area (Å²) in [6, 6.07) is 7.45. The Morgan fingerprint density at radius 2 is 2.00 bits per heavy atom. The second-order valence-corrected chi connectivity index (χ2v) is 2.66. The molecule has 0 fully saturated rings. The monoisotopic (exact) mass is 175 g/mol. The van der Waals surface area contributed by atoms with E-state index >= 15 is 0 Å². The Hall–Kier alpha value is -1.46. The Kier molecular flexibility index (Phi) is 3.87. The molecule has 0 radical (unpaired) electrons. The Morgan fingerprint density at radius 3 is 2.54 bits per heavy atom. The fraction of sp³-hybridized carbons (Fsp3) is 0.273. The van der Waals surface area contributed by atoms with E-state index in [1.54, 1.807) is 0 Å². The molecule has 0 heterocycles. The van der Waals surface area contributed by atoms with Crippen LogP contribution in [0.5, 0.6) is 5.75 Å². The first kappa shape index (κ1) is 9.63. The van der Waals surface area contributed by atoms with Gasteiger partial charge in [-0.1, -0.05) is 5.92 Å². The molecule has 68 valence electrons. The van der Waals surface area contributed by atoms with Gasteiger partial charge in [-0.3, -0.25) is 0 Å². The molecule has 0 saturated heterocycles. The molecular formula is C11H13NO. The van der Waals surface area contributed by atoms with Crippen LogP contribution in [-0.2, 0) is 0 Å². The summed E-state index contributed by atoms with van der Waals surface area (Å²) in [5.41, 5.74) is 6.20. The van der Waals surface area contributed by atoms with Crippen molar-refractivity contribution in [3.8, 4) is 18.1 Å². The minimum absolute atomic E-state index is 0.655. The lowest BCUT2D eigenvalue weighted by atomic mass is 10.2. The summed E-state index contributed by atoms with van der Waals surface area (Å²) in [5, 5.41) is 0. The number of terminal acetylenes is 1. The maximum Gasteiger partial charge on any atom is 0.119 e. The highest BCUT2D eigenvalue weighted by Crippen LogP contribution is 2.11. The van der Waals surface area contributed by atoms with E-state index in [1.807, 2.05) is 24.3 Å². The maximum atomic E-state index is 5.40. The van der Waals surface area contributed by atoms with E-state index in [0.717, 1.165) is 17.7 Å². The molecule has 0 bridgehead atoms. The third-order valence-corrected chi connectivity index (χ3v) is 1.64. The van der Waals surface area contributed by atoms with Crippen LogP contribution in [0.4, 0.5) is 0 Å². The second kappa shape index (κ2) is 5.23. The molecule has 2 N–H and O–H groups in total. The van der Waals surface area contributed by atoms with Crippen LogP contribution in [0.2, 0.25) is 0 Å². The molecule has 0 aliphatic heterocycles. The number of rotatable bonds is 4. The molecule has 0 spiro atoms. The fourth-order valence-electron chi connectivity index (χ4n) is 0.921. The van der Waals surface area contributed by atoms with Crippen LogP contribution in [0, 0.1) is 12.3 Å². The molecule has 0 aliphatic rings. The molecule has 13 heavy (non-hydrogen) atoms. The highest BCUT2D eigenvalue weighted by atomic mass is 16.5. The van der Waals surface area contributed by atoms with Gasteiger partial charge in [0.15, 0.2) is 0 Å². The van der Waals surface area contributed by atoms with Crippen molar-refractivity contribution in [1.82, 2.24) is 0 Å². The average Bonchev–Trinajstić information content (AvgIpc) is 2.19. The molecule has 2 nitrogen and oxygen atoms in total. The van der Waals surface area contributed by atoms with Crippen LogP contribution in [0.3, 0.4) is 0 Å². The smallest absolute Gasteiger partial charge is 0.119 e. The second-order valence-electron chi connectivity index (χ2n) is 2.66. The minimum Gasteiger partial charge on any atom is -0.494 e. The van der Waals surface area contributed by atoms with E-state index in [9.17, 15) is 0 Å². The third kappa shape index (κ3) is 3.18. The van der Waals surface area contributed by atoms with Crippen molar-refractivity contribution in [3.05, 3.63) is 29.8 Å². The lowest BCUT2D eigenvalue weighted by molar-refractivity contribution is 0.313. The molecule has 0 aliphatic carbocycles. The van der Waals surface area contributed by atoms with Crippen molar-refractivity contribution in [3.63, 3.8) is 0 Å². The highest BCUT2D eigenvalue weighted by Gasteiger charge is 1.92. The van der Waals surface area contributed by atoms with Gasteiger partial charge in [0.25, 0.3) is 0 Å². The summed E-state index contributed by atoms with van der Waals surface area (Å²) in [6.07, 6.45) is 6.09. The zero-order chi connectivity index (χ0) is 9.52. The Bertz CT molecular complexity index is 284. The van der Waals surface area contributed by atoms with Crippen LogP contribution < -0.4 is 10.5 Å². The standard InChI is InChI=1S/C11H13NO/c1-2-10-4-6-11(7-5-10)13-9-3-8-12/h1,4-7H,3,8-9,12H2. The van der Waals surface area contributed by atoms with Crippen molar-refractivity contribution in [1.29, 1.82) is 0 Å². The van der Waals surface area contributed by atoms with Crippen molar-refractivity contribution >= 4 is 0 Å². The van der Waals surface area contributed by atoms with E-state index in [2.05, 4.69) is 5.92 Å². The molecule has 0 unspecified atom stereocenters. The lowest BCUT2D eigenvalue weighted by Gasteiger charge is -2.04. The first-order valence-corrected chi connectivity index (χ1v) is 4.26. The van der Waals surface area contributed by atoms with Crippen LogP contribution in [0.1, 0.15) is 12.0 Å². The molecule has 0 saturated carbocycles. The zero-order valence-electron chi connectivity index (χ0n) is 7.49. The van der Waals surface area contributed by atoms with Crippen molar-refractivity contribution in [2.75, 3.05) is 13.2 Å². The summed E-state index contributed by atoms with van der Waals surface area (Å²) in [4.78, 5) is 0. The SMILES string of the molecule is C#Cc1ccc(OCCCN)cc1. The number of hydrogen-bond acceptors (Lipinski definition) is 2. The van der Waals surface area contributed by atoms with Gasteiger partial charge in [0, 0.05) is 5.56 Å². The Morgan fingerprint density at radius 1 is 1.31 bits per heavy atom. The number of ether oxygens (including phenoxy) is 1. The van der Waals surface area contributed by atoms with Crippen molar-refractivity contribution in [2.45, 2.75) is 6.42 Å². The Balaban J connectivity index is 2.46. The Labute approximate surface area is 78.7 Å².